The SMILES string of the molecule is CCCCN(Cc1ccco1)C(=O)c1cnc(-c2ccccn2)nc1. The Balaban J connectivity index is 1.76. The van der Waals surface area contributed by atoms with Crippen LogP contribution in [-0.4, -0.2) is 32.3 Å². The number of carbonyl (C=O) groups is 1. The first-order chi connectivity index (χ1) is 12.3. The maximum atomic E-state index is 12.8. The Morgan fingerprint density at radius 3 is 2.60 bits per heavy atom. The Bertz CT molecular complexity index is 786. The minimum atomic E-state index is -0.0996. The molecule has 0 unspecified atom stereocenters. The molecular weight excluding hydrogens is 316 g/mol. The van der Waals surface area contributed by atoms with Gasteiger partial charge in [-0.05, 0) is 30.7 Å². The van der Waals surface area contributed by atoms with Crippen LogP contribution in [0.4, 0.5) is 0 Å². The molecule has 0 saturated heterocycles. The first kappa shape index (κ1) is 16.8. The average Bonchev–Trinajstić information content (AvgIpc) is 3.18. The zero-order chi connectivity index (χ0) is 17.5. The number of hydrogen-bond donors (Lipinski definition) is 0. The maximum absolute atomic E-state index is 12.8. The molecule has 25 heavy (non-hydrogen) atoms. The highest BCUT2D eigenvalue weighted by Gasteiger charge is 2.18. The van der Waals surface area contributed by atoms with E-state index in [1.807, 2.05) is 30.3 Å². The van der Waals surface area contributed by atoms with Crippen molar-refractivity contribution < 1.29 is 9.21 Å². The van der Waals surface area contributed by atoms with Gasteiger partial charge in [-0.15, -0.1) is 0 Å². The number of carbonyl (C=O) groups excluding carboxylic acids is 1. The summed E-state index contributed by atoms with van der Waals surface area (Å²) in [5.74, 6) is 1.16. The lowest BCUT2D eigenvalue weighted by Gasteiger charge is -2.21. The third kappa shape index (κ3) is 4.29. The highest BCUT2D eigenvalue weighted by Crippen LogP contribution is 2.14. The van der Waals surface area contributed by atoms with Crippen molar-refractivity contribution in [3.8, 4) is 11.5 Å². The van der Waals surface area contributed by atoms with Crippen molar-refractivity contribution in [2.75, 3.05) is 6.54 Å². The molecule has 3 heterocycles. The zero-order valence-electron chi connectivity index (χ0n) is 14.1. The van der Waals surface area contributed by atoms with Crippen molar-refractivity contribution in [2.24, 2.45) is 0 Å². The first-order valence-electron chi connectivity index (χ1n) is 8.33. The van der Waals surface area contributed by atoms with Gasteiger partial charge in [-0.2, -0.15) is 0 Å². The summed E-state index contributed by atoms with van der Waals surface area (Å²) in [5, 5.41) is 0. The lowest BCUT2D eigenvalue weighted by atomic mass is 10.2. The Morgan fingerprint density at radius 2 is 1.96 bits per heavy atom. The molecule has 128 valence electrons. The normalized spacial score (nSPS) is 10.6. The Kier molecular flexibility index (Phi) is 5.51. The number of hydrogen-bond acceptors (Lipinski definition) is 5. The molecule has 0 radical (unpaired) electrons. The summed E-state index contributed by atoms with van der Waals surface area (Å²) in [6, 6.07) is 9.24. The van der Waals surface area contributed by atoms with Gasteiger partial charge in [0.2, 0.25) is 0 Å². The second kappa shape index (κ2) is 8.19. The van der Waals surface area contributed by atoms with E-state index in [1.54, 1.807) is 29.8 Å². The van der Waals surface area contributed by atoms with Crippen LogP contribution in [0, 0.1) is 0 Å². The number of rotatable bonds is 7. The van der Waals surface area contributed by atoms with Gasteiger partial charge in [-0.25, -0.2) is 9.97 Å². The molecule has 0 aromatic carbocycles. The van der Waals surface area contributed by atoms with Gasteiger partial charge in [0.25, 0.3) is 5.91 Å². The lowest BCUT2D eigenvalue weighted by Crippen LogP contribution is -2.31. The number of pyridine rings is 1. The summed E-state index contributed by atoms with van der Waals surface area (Å²) < 4.78 is 5.37. The average molecular weight is 336 g/mol. The molecule has 0 bridgehead atoms. The van der Waals surface area contributed by atoms with E-state index in [4.69, 9.17) is 4.42 Å². The van der Waals surface area contributed by atoms with Crippen LogP contribution in [0.2, 0.25) is 0 Å². The molecule has 0 aliphatic heterocycles. The van der Waals surface area contributed by atoms with Crippen LogP contribution in [0.25, 0.3) is 11.5 Å². The fourth-order valence-electron chi connectivity index (χ4n) is 2.44. The van der Waals surface area contributed by atoms with E-state index in [-0.39, 0.29) is 5.91 Å². The summed E-state index contributed by atoms with van der Waals surface area (Å²) in [5.41, 5.74) is 1.14. The van der Waals surface area contributed by atoms with E-state index in [9.17, 15) is 4.79 Å². The number of nitrogens with zero attached hydrogens (tertiary/aromatic N) is 4. The molecule has 0 saturated carbocycles. The topological polar surface area (TPSA) is 72.1 Å². The van der Waals surface area contributed by atoms with Crippen molar-refractivity contribution >= 4 is 5.91 Å². The van der Waals surface area contributed by atoms with Crippen LogP contribution in [0.5, 0.6) is 0 Å². The minimum Gasteiger partial charge on any atom is -0.467 e. The standard InChI is InChI=1S/C19H20N4O2/c1-2-3-10-23(14-16-7-6-11-25-16)19(24)15-12-21-18(22-13-15)17-8-4-5-9-20-17/h4-9,11-13H,2-3,10,14H2,1H3. The van der Waals surface area contributed by atoms with Crippen LogP contribution in [-0.2, 0) is 6.54 Å². The molecule has 3 aromatic rings. The molecule has 3 aromatic heterocycles. The monoisotopic (exact) mass is 336 g/mol. The van der Waals surface area contributed by atoms with Crippen molar-refractivity contribution in [1.29, 1.82) is 0 Å². The molecular formula is C19H20N4O2. The van der Waals surface area contributed by atoms with Crippen LogP contribution < -0.4 is 0 Å². The van der Waals surface area contributed by atoms with Crippen LogP contribution in [0.15, 0.2) is 59.6 Å². The zero-order valence-corrected chi connectivity index (χ0v) is 14.1. The van der Waals surface area contributed by atoms with Gasteiger partial charge in [0.15, 0.2) is 5.82 Å². The minimum absolute atomic E-state index is 0.0996. The summed E-state index contributed by atoms with van der Waals surface area (Å²) in [6.45, 7) is 3.20. The summed E-state index contributed by atoms with van der Waals surface area (Å²) in [4.78, 5) is 27.4. The second-order valence-electron chi connectivity index (χ2n) is 5.67. The Hall–Kier alpha value is -3.02. The first-order valence-corrected chi connectivity index (χ1v) is 8.33. The predicted molar refractivity (Wildman–Crippen MR) is 93.6 cm³/mol. The van der Waals surface area contributed by atoms with E-state index < -0.39 is 0 Å². The Morgan fingerprint density at radius 1 is 1.12 bits per heavy atom. The number of unbranched alkanes of at least 4 members (excludes halogenated alkanes) is 1. The van der Waals surface area contributed by atoms with Gasteiger partial charge in [0.05, 0.1) is 18.4 Å². The molecule has 3 rings (SSSR count). The Labute approximate surface area is 146 Å². The maximum Gasteiger partial charge on any atom is 0.257 e. The van der Waals surface area contributed by atoms with Gasteiger partial charge in [-0.3, -0.25) is 9.78 Å². The largest absolute Gasteiger partial charge is 0.467 e. The third-order valence-corrected chi connectivity index (χ3v) is 3.79. The van der Waals surface area contributed by atoms with Crippen molar-refractivity contribution in [1.82, 2.24) is 19.9 Å². The highest BCUT2D eigenvalue weighted by atomic mass is 16.3. The van der Waals surface area contributed by atoms with Crippen molar-refractivity contribution in [3.05, 3.63) is 66.5 Å². The van der Waals surface area contributed by atoms with Crippen LogP contribution in [0.1, 0.15) is 35.9 Å². The van der Waals surface area contributed by atoms with Gasteiger partial charge in [0.1, 0.15) is 11.5 Å². The van der Waals surface area contributed by atoms with E-state index in [0.717, 1.165) is 18.6 Å². The molecule has 6 heteroatoms. The fraction of sp³-hybridized carbons (Fsp3) is 0.263. The summed E-state index contributed by atoms with van der Waals surface area (Å²) in [7, 11) is 0. The number of amides is 1. The fourth-order valence-corrected chi connectivity index (χ4v) is 2.44. The smallest absolute Gasteiger partial charge is 0.257 e. The van der Waals surface area contributed by atoms with E-state index >= 15 is 0 Å². The van der Waals surface area contributed by atoms with Crippen molar-refractivity contribution in [3.63, 3.8) is 0 Å². The van der Waals surface area contributed by atoms with Crippen LogP contribution >= 0.6 is 0 Å². The summed E-state index contributed by atoms with van der Waals surface area (Å²) in [6.07, 6.45) is 8.35. The third-order valence-electron chi connectivity index (χ3n) is 3.79. The van der Waals surface area contributed by atoms with E-state index in [2.05, 4.69) is 21.9 Å². The molecule has 1 amide bonds. The van der Waals surface area contributed by atoms with E-state index in [1.165, 1.54) is 0 Å². The number of furan rings is 1. The van der Waals surface area contributed by atoms with Gasteiger partial charge in [-0.1, -0.05) is 19.4 Å². The lowest BCUT2D eigenvalue weighted by molar-refractivity contribution is 0.0728. The molecule has 0 aliphatic carbocycles. The molecule has 0 fully saturated rings. The molecule has 0 atom stereocenters. The predicted octanol–water partition coefficient (Wildman–Crippen LogP) is 3.57. The molecule has 0 spiro atoms. The molecule has 0 N–H and O–H groups in total. The van der Waals surface area contributed by atoms with E-state index in [0.29, 0.717) is 30.2 Å². The summed E-state index contributed by atoms with van der Waals surface area (Å²) >= 11 is 0. The molecule has 6 nitrogen and oxygen atoms in total. The number of aromatic nitrogens is 3. The highest BCUT2D eigenvalue weighted by molar-refractivity contribution is 5.93. The van der Waals surface area contributed by atoms with Crippen molar-refractivity contribution in [2.45, 2.75) is 26.3 Å². The second-order valence-corrected chi connectivity index (χ2v) is 5.67. The molecule has 0 aliphatic rings. The quantitative estimate of drug-likeness (QED) is 0.659. The van der Waals surface area contributed by atoms with Gasteiger partial charge in [0, 0.05) is 25.1 Å². The van der Waals surface area contributed by atoms with Crippen LogP contribution in [0.3, 0.4) is 0 Å². The van der Waals surface area contributed by atoms with Gasteiger partial charge < -0.3 is 9.32 Å². The van der Waals surface area contributed by atoms with Gasteiger partial charge >= 0.3 is 0 Å².